The molecule has 1 fully saturated rings. The Bertz CT molecular complexity index is 1780. The molecule has 3 aromatic rings. The summed E-state index contributed by atoms with van der Waals surface area (Å²) >= 11 is 0. The summed E-state index contributed by atoms with van der Waals surface area (Å²) in [5.41, 5.74) is 6.91. The number of amides is 2. The van der Waals surface area contributed by atoms with Crippen LogP contribution in [0.1, 0.15) is 39.5 Å². The van der Waals surface area contributed by atoms with Crippen LogP contribution < -0.4 is 25.4 Å². The number of nitrogens with one attached hydrogen (secondary N) is 1. The number of methoxy groups -OCH3 is 2. The van der Waals surface area contributed by atoms with E-state index in [-0.39, 0.29) is 41.6 Å². The summed E-state index contributed by atoms with van der Waals surface area (Å²) in [6.07, 6.45) is -3.22. The number of benzene rings is 3. The molecule has 1 aliphatic heterocycles. The number of ether oxygens (including phenoxy) is 2. The number of aliphatic imine (C=N–C) groups is 2. The monoisotopic (exact) mass is 693 g/mol. The lowest BCUT2D eigenvalue weighted by atomic mass is 10.0. The minimum Gasteiger partial charge on any atom is -0.497 e. The average molecular weight is 694 g/mol. The fourth-order valence-corrected chi connectivity index (χ4v) is 5.50. The van der Waals surface area contributed by atoms with E-state index in [0.29, 0.717) is 41.4 Å². The van der Waals surface area contributed by atoms with E-state index in [4.69, 9.17) is 15.2 Å². The number of carbonyl (C=O) groups is 2. The van der Waals surface area contributed by atoms with Crippen molar-refractivity contribution in [2.45, 2.75) is 33.0 Å². The molecule has 3 N–H and O–H groups in total. The highest BCUT2D eigenvalue weighted by Gasteiger charge is 2.34. The van der Waals surface area contributed by atoms with Crippen molar-refractivity contribution in [3.63, 3.8) is 0 Å². The Labute approximate surface area is 289 Å². The van der Waals surface area contributed by atoms with Crippen LogP contribution in [0.3, 0.4) is 0 Å². The quantitative estimate of drug-likeness (QED) is 0.201. The zero-order valence-corrected chi connectivity index (χ0v) is 28.8. The van der Waals surface area contributed by atoms with E-state index in [1.54, 1.807) is 50.3 Å². The van der Waals surface area contributed by atoms with E-state index in [2.05, 4.69) is 26.9 Å². The molecule has 1 heterocycles. The first-order chi connectivity index (χ1) is 23.8. The Morgan fingerprint density at radius 1 is 1.02 bits per heavy atom. The number of hydrogen-bond donors (Lipinski definition) is 2. The summed E-state index contributed by atoms with van der Waals surface area (Å²) < 4.78 is 53.3. The topological polar surface area (TPSA) is 125 Å². The van der Waals surface area contributed by atoms with Gasteiger partial charge in [-0.3, -0.25) is 19.4 Å². The second-order valence-corrected chi connectivity index (χ2v) is 11.8. The fraction of sp³-hybridized carbons (Fsp3) is 0.333. The molecule has 2 amide bonds. The van der Waals surface area contributed by atoms with E-state index in [9.17, 15) is 22.8 Å². The number of nitrogens with zero attached hydrogens (tertiary/aromatic N) is 5. The van der Waals surface area contributed by atoms with Gasteiger partial charge in [0.25, 0.3) is 5.91 Å². The van der Waals surface area contributed by atoms with Crippen LogP contribution in [0.5, 0.6) is 11.5 Å². The number of rotatable bonds is 11. The fourth-order valence-electron chi connectivity index (χ4n) is 5.50. The van der Waals surface area contributed by atoms with Crippen molar-refractivity contribution in [1.82, 2.24) is 9.80 Å². The second kappa shape index (κ2) is 16.5. The van der Waals surface area contributed by atoms with Gasteiger partial charge in [-0.15, -0.1) is 0 Å². The SMILES string of the molecule is C=N/C(N)=N\C(=C/C)N(C(=O)Cc1cc(C(=O)Nc2ccc(CN3CCN(C)CC3)c(C(F)(F)F)c2)ccc1C)c1ccc(OC)cc1OC. The molecule has 0 aromatic heterocycles. The van der Waals surface area contributed by atoms with Crippen LogP contribution in [0.15, 0.2) is 76.5 Å². The van der Waals surface area contributed by atoms with E-state index in [1.165, 1.54) is 37.3 Å². The summed E-state index contributed by atoms with van der Waals surface area (Å²) in [4.78, 5) is 40.8. The molecule has 50 heavy (non-hydrogen) atoms. The maximum atomic E-state index is 14.2. The molecule has 0 atom stereocenters. The zero-order valence-electron chi connectivity index (χ0n) is 28.8. The predicted octanol–water partition coefficient (Wildman–Crippen LogP) is 5.48. The summed E-state index contributed by atoms with van der Waals surface area (Å²) in [5, 5.41) is 2.60. The first kappa shape index (κ1) is 37.6. The zero-order chi connectivity index (χ0) is 36.6. The third-order valence-electron chi connectivity index (χ3n) is 8.37. The Balaban J connectivity index is 1.61. The van der Waals surface area contributed by atoms with Gasteiger partial charge in [-0.1, -0.05) is 12.1 Å². The van der Waals surface area contributed by atoms with Crippen molar-refractivity contribution >= 4 is 35.9 Å². The smallest absolute Gasteiger partial charge is 0.416 e. The minimum atomic E-state index is -4.61. The molecule has 0 spiro atoms. The average Bonchev–Trinajstić information content (AvgIpc) is 3.09. The van der Waals surface area contributed by atoms with Crippen LogP contribution >= 0.6 is 0 Å². The first-order valence-electron chi connectivity index (χ1n) is 15.8. The Hall–Kier alpha value is -5.21. The number of alkyl halides is 3. The Morgan fingerprint density at radius 2 is 1.74 bits per heavy atom. The van der Waals surface area contributed by atoms with Gasteiger partial charge >= 0.3 is 6.18 Å². The number of nitrogens with two attached hydrogens (primary N) is 1. The lowest BCUT2D eigenvalue weighted by Gasteiger charge is -2.33. The van der Waals surface area contributed by atoms with Gasteiger partial charge in [0.15, 0.2) is 0 Å². The molecular weight excluding hydrogens is 651 g/mol. The number of halogens is 3. The third kappa shape index (κ3) is 9.27. The molecule has 11 nitrogen and oxygen atoms in total. The molecule has 0 aliphatic carbocycles. The van der Waals surface area contributed by atoms with Crippen LogP contribution in [-0.2, 0) is 23.9 Å². The molecule has 14 heteroatoms. The van der Waals surface area contributed by atoms with Crippen molar-refractivity contribution in [3.8, 4) is 11.5 Å². The maximum absolute atomic E-state index is 14.2. The number of aryl methyl sites for hydroxylation is 1. The molecule has 0 saturated carbocycles. The largest absolute Gasteiger partial charge is 0.497 e. The van der Waals surface area contributed by atoms with Crippen LogP contribution in [0.2, 0.25) is 0 Å². The van der Waals surface area contributed by atoms with Crippen LogP contribution in [0, 0.1) is 6.92 Å². The van der Waals surface area contributed by atoms with Gasteiger partial charge < -0.3 is 25.4 Å². The molecule has 4 rings (SSSR count). The summed E-state index contributed by atoms with van der Waals surface area (Å²) in [6, 6.07) is 13.5. The predicted molar refractivity (Wildman–Crippen MR) is 189 cm³/mol. The minimum absolute atomic E-state index is 0.00410. The van der Waals surface area contributed by atoms with Gasteiger partial charge in [0.05, 0.1) is 31.9 Å². The van der Waals surface area contributed by atoms with Gasteiger partial charge in [-0.05, 0) is 86.8 Å². The van der Waals surface area contributed by atoms with E-state index < -0.39 is 23.6 Å². The van der Waals surface area contributed by atoms with Crippen LogP contribution in [0.25, 0.3) is 0 Å². The number of allylic oxidation sites excluding steroid dienone is 1. The molecule has 1 saturated heterocycles. The van der Waals surface area contributed by atoms with Crippen molar-refractivity contribution < 1.29 is 32.2 Å². The Kier molecular flexibility index (Phi) is 12.4. The highest BCUT2D eigenvalue weighted by atomic mass is 19.4. The van der Waals surface area contributed by atoms with Crippen LogP contribution in [-0.4, -0.2) is 81.7 Å². The molecule has 0 unspecified atom stereocenters. The summed E-state index contributed by atoms with van der Waals surface area (Å²) in [7, 11) is 4.93. The maximum Gasteiger partial charge on any atom is 0.416 e. The van der Waals surface area contributed by atoms with E-state index in [0.717, 1.165) is 19.2 Å². The van der Waals surface area contributed by atoms with Gasteiger partial charge in [0.2, 0.25) is 11.9 Å². The van der Waals surface area contributed by atoms with Gasteiger partial charge in [0.1, 0.15) is 17.3 Å². The molecule has 266 valence electrons. The number of piperazine rings is 1. The van der Waals surface area contributed by atoms with Crippen molar-refractivity contribution in [2.24, 2.45) is 15.7 Å². The van der Waals surface area contributed by atoms with Gasteiger partial charge in [-0.25, -0.2) is 4.99 Å². The summed E-state index contributed by atoms with van der Waals surface area (Å²) in [5.74, 6) is -0.289. The molecule has 1 aliphatic rings. The highest BCUT2D eigenvalue weighted by molar-refractivity contribution is 6.05. The number of anilines is 2. The lowest BCUT2D eigenvalue weighted by Crippen LogP contribution is -2.44. The highest BCUT2D eigenvalue weighted by Crippen LogP contribution is 2.36. The van der Waals surface area contributed by atoms with Crippen LogP contribution in [0.4, 0.5) is 24.5 Å². The second-order valence-electron chi connectivity index (χ2n) is 11.8. The molecule has 0 bridgehead atoms. The number of carbonyl (C=O) groups excluding carboxylic acids is 2. The lowest BCUT2D eigenvalue weighted by molar-refractivity contribution is -0.138. The summed E-state index contributed by atoms with van der Waals surface area (Å²) in [6.45, 7) is 9.89. The van der Waals surface area contributed by atoms with Crippen molar-refractivity contribution in [1.29, 1.82) is 0 Å². The number of guanidine groups is 1. The molecule has 3 aromatic carbocycles. The standard InChI is InChI=1S/C36H42F3N7O4/c1-7-32(43-35(40)41-3)46(30-13-12-28(49-5)21-31(30)50-6)33(47)19-26-18-24(9-8-23(26)2)34(48)42-27-11-10-25(29(20-27)36(37,38)39)22-45-16-14-44(4)15-17-45/h7-13,18,20-21H,3,14-17,19,22H2,1-2,4-6H3,(H2,40,43)(H,42,48)/b32-7+. The number of hydrogen-bond acceptors (Lipinski definition) is 7. The first-order valence-corrected chi connectivity index (χ1v) is 15.8. The Morgan fingerprint density at radius 3 is 2.36 bits per heavy atom. The normalized spacial score (nSPS) is 14.6. The van der Waals surface area contributed by atoms with Gasteiger partial charge in [-0.2, -0.15) is 18.2 Å². The third-order valence-corrected chi connectivity index (χ3v) is 8.37. The molecule has 0 radical (unpaired) electrons. The van der Waals surface area contributed by atoms with Crippen molar-refractivity contribution in [2.75, 3.05) is 57.7 Å². The van der Waals surface area contributed by atoms with Crippen molar-refractivity contribution in [3.05, 3.63) is 94.3 Å². The van der Waals surface area contributed by atoms with Gasteiger partial charge in [0, 0.05) is 50.0 Å². The van der Waals surface area contributed by atoms with E-state index in [1.807, 2.05) is 11.9 Å². The number of likely N-dealkylation sites (N-methyl/N-ethyl adjacent to an activating group) is 1. The van der Waals surface area contributed by atoms with E-state index >= 15 is 0 Å². The molecular formula is C36H42F3N7O4.